The highest BCUT2D eigenvalue weighted by atomic mass is 32.2. The predicted octanol–water partition coefficient (Wildman–Crippen LogP) is 2.44. The summed E-state index contributed by atoms with van der Waals surface area (Å²) in [6, 6.07) is 2.80. The average molecular weight is 246 g/mol. The number of ketones is 1. The molecule has 0 aliphatic rings. The molecule has 0 heterocycles. The van der Waals surface area contributed by atoms with E-state index in [1.807, 2.05) is 0 Å². The maximum Gasteiger partial charge on any atom is 0.139 e. The summed E-state index contributed by atoms with van der Waals surface area (Å²) in [5.41, 5.74) is 0. The first-order chi connectivity index (χ1) is 7.41. The molecule has 0 aromatic heterocycles. The molecule has 0 aliphatic carbocycles. The van der Waals surface area contributed by atoms with Crippen molar-refractivity contribution in [3.63, 3.8) is 0 Å². The van der Waals surface area contributed by atoms with E-state index in [2.05, 4.69) is 0 Å². The molecule has 0 N–H and O–H groups in total. The summed E-state index contributed by atoms with van der Waals surface area (Å²) in [6.45, 7) is 2.94. The van der Waals surface area contributed by atoms with Crippen molar-refractivity contribution in [2.45, 2.75) is 30.4 Å². The minimum atomic E-state index is -1.71. The zero-order chi connectivity index (χ0) is 12.3. The number of carbonyl (C=O) groups is 1. The first-order valence-electron chi connectivity index (χ1n) is 4.77. The van der Waals surface area contributed by atoms with Gasteiger partial charge in [-0.25, -0.2) is 8.78 Å². The normalized spacial score (nSPS) is 14.5. The Morgan fingerprint density at radius 2 is 2.06 bits per heavy atom. The summed E-state index contributed by atoms with van der Waals surface area (Å²) >= 11 is 0. The fraction of sp³-hybridized carbons (Fsp3) is 0.364. The van der Waals surface area contributed by atoms with Gasteiger partial charge >= 0.3 is 0 Å². The molecule has 0 spiro atoms. The minimum Gasteiger partial charge on any atom is -0.300 e. The molecule has 2 nitrogen and oxygen atoms in total. The summed E-state index contributed by atoms with van der Waals surface area (Å²) in [5.74, 6) is -1.48. The van der Waals surface area contributed by atoms with Gasteiger partial charge in [0.25, 0.3) is 0 Å². The van der Waals surface area contributed by atoms with E-state index in [0.29, 0.717) is 0 Å². The number of hydrogen-bond acceptors (Lipinski definition) is 2. The van der Waals surface area contributed by atoms with Crippen LogP contribution in [-0.2, 0) is 15.6 Å². The van der Waals surface area contributed by atoms with E-state index in [4.69, 9.17) is 0 Å². The largest absolute Gasteiger partial charge is 0.300 e. The predicted molar refractivity (Wildman–Crippen MR) is 57.5 cm³/mol. The molecule has 1 aromatic carbocycles. The van der Waals surface area contributed by atoms with Gasteiger partial charge in [-0.3, -0.25) is 9.00 Å². The molecule has 16 heavy (non-hydrogen) atoms. The Labute approximate surface area is 95.1 Å². The van der Waals surface area contributed by atoms with E-state index in [-0.39, 0.29) is 17.1 Å². The lowest BCUT2D eigenvalue weighted by Crippen LogP contribution is -2.15. The molecule has 88 valence electrons. The van der Waals surface area contributed by atoms with Crippen LogP contribution in [-0.4, -0.2) is 15.2 Å². The first-order valence-corrected chi connectivity index (χ1v) is 5.98. The zero-order valence-electron chi connectivity index (χ0n) is 9.00. The molecule has 0 saturated carbocycles. The van der Waals surface area contributed by atoms with Crippen LogP contribution in [0, 0.1) is 11.6 Å². The number of hydrogen-bond donors (Lipinski definition) is 0. The highest BCUT2D eigenvalue weighted by molar-refractivity contribution is 7.85. The number of benzene rings is 1. The van der Waals surface area contributed by atoms with Crippen LogP contribution in [0.2, 0.25) is 0 Å². The molecule has 2 atom stereocenters. The van der Waals surface area contributed by atoms with Crippen LogP contribution in [0.3, 0.4) is 0 Å². The number of rotatable bonds is 4. The molecule has 0 fully saturated rings. The monoisotopic (exact) mass is 246 g/mol. The van der Waals surface area contributed by atoms with Crippen molar-refractivity contribution >= 4 is 16.6 Å². The molecule has 2 unspecified atom stereocenters. The fourth-order valence-electron chi connectivity index (χ4n) is 1.33. The van der Waals surface area contributed by atoms with Crippen molar-refractivity contribution in [3.05, 3.63) is 29.8 Å². The molecule has 0 aliphatic heterocycles. The van der Waals surface area contributed by atoms with Crippen molar-refractivity contribution in [1.29, 1.82) is 0 Å². The summed E-state index contributed by atoms with van der Waals surface area (Å²) in [4.78, 5) is 10.7. The quantitative estimate of drug-likeness (QED) is 0.817. The summed E-state index contributed by atoms with van der Waals surface area (Å²) in [7, 11) is -1.71. The van der Waals surface area contributed by atoms with Crippen LogP contribution >= 0.6 is 0 Å². The van der Waals surface area contributed by atoms with Gasteiger partial charge < -0.3 is 0 Å². The lowest BCUT2D eigenvalue weighted by atomic mass is 10.2. The van der Waals surface area contributed by atoms with Crippen LogP contribution < -0.4 is 0 Å². The van der Waals surface area contributed by atoms with Gasteiger partial charge in [-0.2, -0.15) is 0 Å². The molecule has 1 rings (SSSR count). The van der Waals surface area contributed by atoms with E-state index in [1.54, 1.807) is 6.92 Å². The van der Waals surface area contributed by atoms with Crippen LogP contribution in [0.25, 0.3) is 0 Å². The van der Waals surface area contributed by atoms with Crippen LogP contribution in [0.5, 0.6) is 0 Å². The molecule has 0 saturated heterocycles. The molecule has 5 heteroatoms. The Morgan fingerprint density at radius 3 is 2.62 bits per heavy atom. The second-order valence-corrected chi connectivity index (χ2v) is 5.43. The third kappa shape index (κ3) is 3.20. The van der Waals surface area contributed by atoms with Crippen molar-refractivity contribution in [2.75, 3.05) is 0 Å². The third-order valence-electron chi connectivity index (χ3n) is 2.05. The van der Waals surface area contributed by atoms with E-state index in [0.717, 1.165) is 18.2 Å². The Bertz CT molecular complexity index is 432. The van der Waals surface area contributed by atoms with Gasteiger partial charge in [-0.15, -0.1) is 0 Å². The fourth-order valence-corrected chi connectivity index (χ4v) is 2.64. The Kier molecular flexibility index (Phi) is 4.29. The van der Waals surface area contributed by atoms with Gasteiger partial charge in [0.15, 0.2) is 0 Å². The van der Waals surface area contributed by atoms with E-state index in [1.165, 1.54) is 6.92 Å². The lowest BCUT2D eigenvalue weighted by Gasteiger charge is -2.10. The summed E-state index contributed by atoms with van der Waals surface area (Å²) < 4.78 is 37.9. The number of halogens is 2. The van der Waals surface area contributed by atoms with Crippen molar-refractivity contribution in [2.24, 2.45) is 0 Å². The number of carbonyl (C=O) groups excluding carboxylic acids is 1. The zero-order valence-corrected chi connectivity index (χ0v) is 9.81. The van der Waals surface area contributed by atoms with Crippen molar-refractivity contribution in [3.8, 4) is 0 Å². The smallest absolute Gasteiger partial charge is 0.139 e. The average Bonchev–Trinajstić information content (AvgIpc) is 2.19. The van der Waals surface area contributed by atoms with E-state index >= 15 is 0 Å². The van der Waals surface area contributed by atoms with Crippen molar-refractivity contribution < 1.29 is 17.8 Å². The molecule has 0 bridgehead atoms. The van der Waals surface area contributed by atoms with E-state index < -0.39 is 27.7 Å². The number of Topliss-reactive ketones (excluding diaryl/α,β-unsaturated/α-hetero) is 1. The van der Waals surface area contributed by atoms with E-state index in [9.17, 15) is 17.8 Å². The Hall–Kier alpha value is -1.10. The molecular formula is C11H12F2O2S. The maximum atomic E-state index is 13.3. The van der Waals surface area contributed by atoms with Crippen molar-refractivity contribution in [1.82, 2.24) is 0 Å². The minimum absolute atomic E-state index is 0.0859. The highest BCUT2D eigenvalue weighted by Crippen LogP contribution is 2.18. The van der Waals surface area contributed by atoms with Gasteiger partial charge in [0, 0.05) is 11.7 Å². The highest BCUT2D eigenvalue weighted by Gasteiger charge is 2.19. The van der Waals surface area contributed by atoms with Crippen LogP contribution in [0.15, 0.2) is 23.1 Å². The van der Waals surface area contributed by atoms with Gasteiger partial charge in [-0.05, 0) is 25.1 Å². The first kappa shape index (κ1) is 13.0. The Balaban J connectivity index is 2.95. The second-order valence-electron chi connectivity index (χ2n) is 3.59. The van der Waals surface area contributed by atoms with Gasteiger partial charge in [0.05, 0.1) is 15.7 Å². The molecule has 0 amide bonds. The van der Waals surface area contributed by atoms with Crippen LogP contribution in [0.4, 0.5) is 8.78 Å². The summed E-state index contributed by atoms with van der Waals surface area (Å²) in [5, 5.41) is -0.520. The SMILES string of the molecule is CC(=O)CC(C)S(=O)c1cc(F)ccc1F. The topological polar surface area (TPSA) is 34.1 Å². The lowest BCUT2D eigenvalue weighted by molar-refractivity contribution is -0.116. The van der Waals surface area contributed by atoms with Gasteiger partial charge in [-0.1, -0.05) is 6.92 Å². The maximum absolute atomic E-state index is 13.3. The van der Waals surface area contributed by atoms with Gasteiger partial charge in [0.2, 0.25) is 0 Å². The third-order valence-corrected chi connectivity index (χ3v) is 3.69. The van der Waals surface area contributed by atoms with Gasteiger partial charge in [0.1, 0.15) is 17.4 Å². The summed E-state index contributed by atoms with van der Waals surface area (Å²) in [6.07, 6.45) is 0.0859. The standard InChI is InChI=1S/C11H12F2O2S/c1-7(14)5-8(2)16(15)11-6-9(12)3-4-10(11)13/h3-4,6,8H,5H2,1-2H3. The Morgan fingerprint density at radius 1 is 1.44 bits per heavy atom. The van der Waals surface area contributed by atoms with Crippen LogP contribution in [0.1, 0.15) is 20.3 Å². The molecule has 0 radical (unpaired) electrons. The molecular weight excluding hydrogens is 234 g/mol. The molecule has 1 aromatic rings. The second kappa shape index (κ2) is 5.30.